The summed E-state index contributed by atoms with van der Waals surface area (Å²) >= 11 is 5.98. The number of amides is 2. The van der Waals surface area contributed by atoms with Crippen LogP contribution in [0.15, 0.2) is 42.5 Å². The van der Waals surface area contributed by atoms with Crippen LogP contribution in [-0.4, -0.2) is 49.4 Å². The molecule has 0 bridgehead atoms. The van der Waals surface area contributed by atoms with Crippen LogP contribution < -0.4 is 9.80 Å². The minimum Gasteiger partial charge on any atom is -0.368 e. The van der Waals surface area contributed by atoms with E-state index < -0.39 is 0 Å². The summed E-state index contributed by atoms with van der Waals surface area (Å²) < 4.78 is 0. The first kappa shape index (κ1) is 18.5. The van der Waals surface area contributed by atoms with E-state index in [1.807, 2.05) is 52.3 Å². The molecule has 0 spiro atoms. The van der Waals surface area contributed by atoms with Gasteiger partial charge >= 0.3 is 0 Å². The molecule has 2 aromatic rings. The van der Waals surface area contributed by atoms with Crippen molar-refractivity contribution >= 4 is 34.8 Å². The van der Waals surface area contributed by atoms with E-state index in [-0.39, 0.29) is 17.7 Å². The summed E-state index contributed by atoms with van der Waals surface area (Å²) in [6.45, 7) is 3.75. The van der Waals surface area contributed by atoms with Crippen molar-refractivity contribution in [3.8, 4) is 0 Å². The summed E-state index contributed by atoms with van der Waals surface area (Å²) in [6, 6.07) is 13.7. The van der Waals surface area contributed by atoms with E-state index in [4.69, 9.17) is 11.6 Å². The Hall–Kier alpha value is -2.53. The van der Waals surface area contributed by atoms with Gasteiger partial charge in [-0.25, -0.2) is 0 Å². The Morgan fingerprint density at radius 3 is 2.31 bits per heavy atom. The number of benzene rings is 2. The average Bonchev–Trinajstić information content (AvgIpc) is 3.52. The van der Waals surface area contributed by atoms with Crippen molar-refractivity contribution < 1.29 is 9.59 Å². The molecule has 5 nitrogen and oxygen atoms in total. The van der Waals surface area contributed by atoms with Gasteiger partial charge in [0.15, 0.2) is 0 Å². The molecule has 3 aliphatic rings. The molecule has 1 saturated carbocycles. The molecule has 0 aromatic heterocycles. The molecule has 5 rings (SSSR count). The van der Waals surface area contributed by atoms with Gasteiger partial charge < -0.3 is 14.7 Å². The van der Waals surface area contributed by atoms with E-state index >= 15 is 0 Å². The van der Waals surface area contributed by atoms with E-state index in [0.29, 0.717) is 13.1 Å². The number of carbonyl (C=O) groups excluding carboxylic acids is 2. The smallest absolute Gasteiger partial charge is 0.253 e. The minimum atomic E-state index is 0.0792. The van der Waals surface area contributed by atoms with Gasteiger partial charge in [-0.3, -0.25) is 9.59 Å². The zero-order valence-corrected chi connectivity index (χ0v) is 17.1. The highest BCUT2D eigenvalue weighted by Crippen LogP contribution is 2.36. The van der Waals surface area contributed by atoms with Crippen LogP contribution >= 0.6 is 11.6 Å². The monoisotopic (exact) mass is 409 g/mol. The number of fused-ring (bicyclic) bond motifs is 1. The van der Waals surface area contributed by atoms with Crippen molar-refractivity contribution in [1.82, 2.24) is 4.90 Å². The lowest BCUT2D eigenvalue weighted by Crippen LogP contribution is -2.48. The van der Waals surface area contributed by atoms with Gasteiger partial charge in [-0.2, -0.15) is 0 Å². The molecule has 29 heavy (non-hydrogen) atoms. The Kier molecular flexibility index (Phi) is 4.70. The predicted octanol–water partition coefficient (Wildman–Crippen LogP) is 3.60. The number of halogens is 1. The van der Waals surface area contributed by atoms with Crippen molar-refractivity contribution in [3.63, 3.8) is 0 Å². The molecule has 1 aliphatic carbocycles. The highest BCUT2D eigenvalue weighted by molar-refractivity contribution is 6.30. The fraction of sp³-hybridized carbons (Fsp3) is 0.391. The maximum Gasteiger partial charge on any atom is 0.253 e. The van der Waals surface area contributed by atoms with E-state index in [9.17, 15) is 9.59 Å². The van der Waals surface area contributed by atoms with Crippen LogP contribution in [-0.2, 0) is 11.2 Å². The van der Waals surface area contributed by atoms with Gasteiger partial charge in [-0.1, -0.05) is 11.6 Å². The lowest BCUT2D eigenvalue weighted by atomic mass is 10.1. The highest BCUT2D eigenvalue weighted by atomic mass is 35.5. The molecule has 0 N–H and O–H groups in total. The van der Waals surface area contributed by atoms with Crippen molar-refractivity contribution in [1.29, 1.82) is 0 Å². The predicted molar refractivity (Wildman–Crippen MR) is 115 cm³/mol. The summed E-state index contributed by atoms with van der Waals surface area (Å²) in [6.07, 6.45) is 2.87. The Morgan fingerprint density at radius 2 is 1.62 bits per heavy atom. The first-order chi connectivity index (χ1) is 14.1. The normalized spacial score (nSPS) is 18.7. The number of carbonyl (C=O) groups is 2. The second kappa shape index (κ2) is 7.38. The van der Waals surface area contributed by atoms with Gasteiger partial charge in [0.25, 0.3) is 5.91 Å². The standard InChI is InChI=1S/C23H24ClN3O2/c24-19-4-6-20(7-5-19)25-11-13-26(14-12-25)22(28)18-3-8-21-17(15-18)9-10-27(21)23(29)16-1-2-16/h3-8,15-16H,1-2,9-14H2. The molecule has 1 saturated heterocycles. The molecule has 2 aromatic carbocycles. The third kappa shape index (κ3) is 3.60. The number of hydrogen-bond donors (Lipinski definition) is 0. The largest absolute Gasteiger partial charge is 0.368 e. The molecule has 2 aliphatic heterocycles. The van der Waals surface area contributed by atoms with Gasteiger partial charge in [0.1, 0.15) is 0 Å². The summed E-state index contributed by atoms with van der Waals surface area (Å²) in [5, 5.41) is 0.733. The van der Waals surface area contributed by atoms with Crippen LogP contribution in [0.1, 0.15) is 28.8 Å². The van der Waals surface area contributed by atoms with E-state index in [2.05, 4.69) is 4.90 Å². The fourth-order valence-electron chi connectivity index (χ4n) is 4.32. The summed E-state index contributed by atoms with van der Waals surface area (Å²) in [7, 11) is 0. The molecule has 0 atom stereocenters. The Balaban J connectivity index is 1.25. The molecule has 2 amide bonds. The number of piperazine rings is 1. The van der Waals surface area contributed by atoms with E-state index in [1.54, 1.807) is 0 Å². The van der Waals surface area contributed by atoms with Crippen LogP contribution in [0.4, 0.5) is 11.4 Å². The third-order valence-corrected chi connectivity index (χ3v) is 6.43. The molecule has 0 unspecified atom stereocenters. The number of anilines is 2. The zero-order chi connectivity index (χ0) is 20.0. The first-order valence-corrected chi connectivity index (χ1v) is 10.7. The second-order valence-corrected chi connectivity index (χ2v) is 8.55. The number of nitrogens with zero attached hydrogens (tertiary/aromatic N) is 3. The fourth-order valence-corrected chi connectivity index (χ4v) is 4.44. The van der Waals surface area contributed by atoms with Crippen molar-refractivity contribution in [3.05, 3.63) is 58.6 Å². The van der Waals surface area contributed by atoms with Crippen LogP contribution in [0.3, 0.4) is 0 Å². The van der Waals surface area contributed by atoms with E-state index in [1.165, 1.54) is 0 Å². The van der Waals surface area contributed by atoms with Crippen LogP contribution in [0.25, 0.3) is 0 Å². The van der Waals surface area contributed by atoms with Gasteiger partial charge in [-0.05, 0) is 67.3 Å². The molecule has 2 fully saturated rings. The minimum absolute atomic E-state index is 0.0792. The zero-order valence-electron chi connectivity index (χ0n) is 16.3. The van der Waals surface area contributed by atoms with Crippen LogP contribution in [0.2, 0.25) is 5.02 Å². The van der Waals surface area contributed by atoms with Gasteiger partial charge in [0.2, 0.25) is 5.91 Å². The van der Waals surface area contributed by atoms with Gasteiger partial charge in [0, 0.05) is 60.6 Å². The van der Waals surface area contributed by atoms with Crippen molar-refractivity contribution in [2.75, 3.05) is 42.5 Å². The molecule has 2 heterocycles. The quantitative estimate of drug-likeness (QED) is 0.778. The highest BCUT2D eigenvalue weighted by Gasteiger charge is 2.36. The van der Waals surface area contributed by atoms with Gasteiger partial charge in [0.05, 0.1) is 0 Å². The summed E-state index contributed by atoms with van der Waals surface area (Å²) in [4.78, 5) is 31.6. The maximum atomic E-state index is 13.0. The number of rotatable bonds is 3. The molecule has 6 heteroatoms. The molecular formula is C23H24ClN3O2. The lowest BCUT2D eigenvalue weighted by molar-refractivity contribution is -0.119. The molecule has 0 radical (unpaired) electrons. The maximum absolute atomic E-state index is 13.0. The summed E-state index contributed by atoms with van der Waals surface area (Å²) in [5.41, 5.74) is 3.97. The van der Waals surface area contributed by atoms with Crippen molar-refractivity contribution in [2.24, 2.45) is 5.92 Å². The second-order valence-electron chi connectivity index (χ2n) is 8.11. The SMILES string of the molecule is O=C(c1ccc2c(c1)CCN2C(=O)C1CC1)N1CCN(c2ccc(Cl)cc2)CC1. The Morgan fingerprint density at radius 1 is 0.897 bits per heavy atom. The molecule has 150 valence electrons. The van der Waals surface area contributed by atoms with Crippen molar-refractivity contribution in [2.45, 2.75) is 19.3 Å². The van der Waals surface area contributed by atoms with Gasteiger partial charge in [-0.15, -0.1) is 0 Å². The summed E-state index contributed by atoms with van der Waals surface area (Å²) in [5.74, 6) is 0.552. The number of hydrogen-bond acceptors (Lipinski definition) is 3. The van der Waals surface area contributed by atoms with Crippen LogP contribution in [0.5, 0.6) is 0 Å². The average molecular weight is 410 g/mol. The Bertz CT molecular complexity index is 947. The topological polar surface area (TPSA) is 43.9 Å². The third-order valence-electron chi connectivity index (χ3n) is 6.17. The molecular weight excluding hydrogens is 386 g/mol. The first-order valence-electron chi connectivity index (χ1n) is 10.3. The van der Waals surface area contributed by atoms with E-state index in [0.717, 1.165) is 66.4 Å². The van der Waals surface area contributed by atoms with Crippen LogP contribution in [0, 0.1) is 5.92 Å². The lowest BCUT2D eigenvalue weighted by Gasteiger charge is -2.36. The Labute approximate surface area is 175 Å².